The van der Waals surface area contributed by atoms with Crippen molar-refractivity contribution < 1.29 is 10.0 Å². The molecule has 0 saturated heterocycles. The lowest BCUT2D eigenvalue weighted by Gasteiger charge is -2.04. The van der Waals surface area contributed by atoms with Crippen molar-refractivity contribution >= 4 is 28.8 Å². The molecule has 4 heteroatoms. The van der Waals surface area contributed by atoms with Gasteiger partial charge in [-0.3, -0.25) is 10.0 Å². The summed E-state index contributed by atoms with van der Waals surface area (Å²) in [4.78, 5) is 10.8. The smallest absolute Gasteiger partial charge is 0.255 e. The zero-order valence-electron chi connectivity index (χ0n) is 6.72. The molecule has 0 heterocycles. The summed E-state index contributed by atoms with van der Waals surface area (Å²) < 4.78 is 0.629. The second-order valence-electron chi connectivity index (χ2n) is 2.46. The van der Waals surface area contributed by atoms with Gasteiger partial charge in [-0.15, -0.1) is 0 Å². The van der Waals surface area contributed by atoms with Crippen LogP contribution < -0.4 is 0 Å². The highest BCUT2D eigenvalue weighted by Crippen LogP contribution is 2.05. The fourth-order valence-electron chi connectivity index (χ4n) is 0.795. The highest BCUT2D eigenvalue weighted by Gasteiger charge is 2.05. The Labute approximate surface area is 81.2 Å². The van der Waals surface area contributed by atoms with Crippen molar-refractivity contribution in [1.29, 1.82) is 0 Å². The fourth-order valence-corrected chi connectivity index (χ4v) is 1.04. The van der Waals surface area contributed by atoms with Gasteiger partial charge in [-0.2, -0.15) is 3.28 Å². The molecule has 0 aromatic carbocycles. The Morgan fingerprint density at radius 2 is 2.09 bits per heavy atom. The SMILES string of the molecule is CCCCCCC(=O)N(O)I. The average Bonchev–Trinajstić information content (AvgIpc) is 1.97. The van der Waals surface area contributed by atoms with Crippen LogP contribution in [0.1, 0.15) is 39.0 Å². The van der Waals surface area contributed by atoms with Crippen molar-refractivity contribution in [2.75, 3.05) is 0 Å². The van der Waals surface area contributed by atoms with Crippen LogP contribution in [0.3, 0.4) is 0 Å². The predicted octanol–water partition coefficient (Wildman–Crippen LogP) is 2.52. The van der Waals surface area contributed by atoms with Crippen LogP contribution in [-0.4, -0.2) is 14.4 Å². The first-order chi connectivity index (χ1) is 5.18. The van der Waals surface area contributed by atoms with E-state index in [2.05, 4.69) is 6.92 Å². The van der Waals surface area contributed by atoms with E-state index < -0.39 is 0 Å². The number of carbonyl (C=O) groups excluding carboxylic acids is 1. The van der Waals surface area contributed by atoms with E-state index in [9.17, 15) is 4.79 Å². The topological polar surface area (TPSA) is 40.5 Å². The summed E-state index contributed by atoms with van der Waals surface area (Å²) in [5.74, 6) is -0.207. The maximum Gasteiger partial charge on any atom is 0.255 e. The number of amides is 1. The molecule has 11 heavy (non-hydrogen) atoms. The van der Waals surface area contributed by atoms with E-state index in [0.29, 0.717) is 9.70 Å². The molecule has 0 fully saturated rings. The van der Waals surface area contributed by atoms with Crippen molar-refractivity contribution in [3.63, 3.8) is 0 Å². The predicted molar refractivity (Wildman–Crippen MR) is 51.4 cm³/mol. The van der Waals surface area contributed by atoms with Gasteiger partial charge in [-0.05, 0) is 6.42 Å². The molecule has 0 bridgehead atoms. The van der Waals surface area contributed by atoms with E-state index in [0.717, 1.165) is 12.8 Å². The molecule has 3 nitrogen and oxygen atoms in total. The molecule has 1 N–H and O–H groups in total. The lowest BCUT2D eigenvalue weighted by atomic mass is 10.1. The van der Waals surface area contributed by atoms with Gasteiger partial charge in [-0.25, -0.2) is 0 Å². The molecule has 66 valence electrons. The maximum atomic E-state index is 10.8. The summed E-state index contributed by atoms with van der Waals surface area (Å²) in [6.07, 6.45) is 4.75. The van der Waals surface area contributed by atoms with Gasteiger partial charge in [0.05, 0.1) is 22.9 Å². The lowest BCUT2D eigenvalue weighted by Crippen LogP contribution is -2.15. The number of carbonyl (C=O) groups is 1. The third kappa shape index (κ3) is 6.55. The van der Waals surface area contributed by atoms with Crippen LogP contribution in [0.2, 0.25) is 0 Å². The first-order valence-corrected chi connectivity index (χ1v) is 4.82. The second kappa shape index (κ2) is 6.84. The summed E-state index contributed by atoms with van der Waals surface area (Å²) >= 11 is 1.57. The fraction of sp³-hybridized carbons (Fsp3) is 0.857. The van der Waals surface area contributed by atoms with Gasteiger partial charge < -0.3 is 0 Å². The summed E-state index contributed by atoms with van der Waals surface area (Å²) in [6.45, 7) is 2.12. The van der Waals surface area contributed by atoms with Crippen LogP contribution in [0.15, 0.2) is 0 Å². The number of halogens is 1. The van der Waals surface area contributed by atoms with Crippen LogP contribution >= 0.6 is 22.9 Å². The molecule has 0 aliphatic rings. The first-order valence-electron chi connectivity index (χ1n) is 3.86. The summed E-state index contributed by atoms with van der Waals surface area (Å²) in [5, 5.41) is 8.65. The largest absolute Gasteiger partial charge is 0.276 e. The minimum absolute atomic E-state index is 0.207. The Hall–Kier alpha value is 0.160. The summed E-state index contributed by atoms with van der Waals surface area (Å²) in [6, 6.07) is 0. The molecule has 0 aromatic rings. The van der Waals surface area contributed by atoms with Gasteiger partial charge in [0.15, 0.2) is 0 Å². The monoisotopic (exact) mass is 271 g/mol. The Morgan fingerprint density at radius 3 is 2.55 bits per heavy atom. The van der Waals surface area contributed by atoms with E-state index in [1.165, 1.54) is 12.8 Å². The molecule has 0 atom stereocenters. The molecular weight excluding hydrogens is 257 g/mol. The van der Waals surface area contributed by atoms with Crippen LogP contribution in [0.25, 0.3) is 0 Å². The zero-order chi connectivity index (χ0) is 8.69. The van der Waals surface area contributed by atoms with Gasteiger partial charge in [0.25, 0.3) is 5.91 Å². The minimum Gasteiger partial charge on any atom is -0.276 e. The maximum absolute atomic E-state index is 10.8. The van der Waals surface area contributed by atoms with E-state index in [1.54, 1.807) is 22.9 Å². The van der Waals surface area contributed by atoms with Gasteiger partial charge in [0.1, 0.15) is 0 Å². The molecule has 0 spiro atoms. The zero-order valence-corrected chi connectivity index (χ0v) is 8.87. The van der Waals surface area contributed by atoms with Gasteiger partial charge >= 0.3 is 0 Å². The molecule has 1 amide bonds. The van der Waals surface area contributed by atoms with Crippen molar-refractivity contribution in [1.82, 2.24) is 3.28 Å². The lowest BCUT2D eigenvalue weighted by molar-refractivity contribution is -0.141. The third-order valence-corrected chi connectivity index (χ3v) is 1.99. The first kappa shape index (κ1) is 11.2. The van der Waals surface area contributed by atoms with Crippen molar-refractivity contribution in [2.24, 2.45) is 0 Å². The Morgan fingerprint density at radius 1 is 1.45 bits per heavy atom. The molecule has 0 rings (SSSR count). The van der Waals surface area contributed by atoms with Crippen LogP contribution in [0.4, 0.5) is 0 Å². The number of hydrogen-bond donors (Lipinski definition) is 1. The highest BCUT2D eigenvalue weighted by molar-refractivity contribution is 14.1. The van der Waals surface area contributed by atoms with Gasteiger partial charge in [-0.1, -0.05) is 26.2 Å². The number of rotatable bonds is 5. The molecule has 0 unspecified atom stereocenters. The molecule has 0 aromatic heterocycles. The van der Waals surface area contributed by atoms with E-state index in [4.69, 9.17) is 5.21 Å². The van der Waals surface area contributed by atoms with Crippen molar-refractivity contribution in [3.8, 4) is 0 Å². The van der Waals surface area contributed by atoms with E-state index in [1.807, 2.05) is 0 Å². The van der Waals surface area contributed by atoms with Crippen LogP contribution in [0, 0.1) is 0 Å². The van der Waals surface area contributed by atoms with Crippen LogP contribution in [-0.2, 0) is 4.79 Å². The van der Waals surface area contributed by atoms with Gasteiger partial charge in [0, 0.05) is 6.42 Å². The standard InChI is InChI=1S/C7H14INO2/c1-2-3-4-5-6-7(10)9(8)11/h11H,2-6H2,1H3. The summed E-state index contributed by atoms with van der Waals surface area (Å²) in [7, 11) is 0. The number of nitrogens with zero attached hydrogens (tertiary/aromatic N) is 1. The van der Waals surface area contributed by atoms with E-state index in [-0.39, 0.29) is 5.91 Å². The summed E-state index contributed by atoms with van der Waals surface area (Å²) in [5.41, 5.74) is 0. The Bertz CT molecular complexity index is 117. The second-order valence-corrected chi connectivity index (χ2v) is 3.38. The number of hydrogen-bond acceptors (Lipinski definition) is 2. The van der Waals surface area contributed by atoms with E-state index >= 15 is 0 Å². The van der Waals surface area contributed by atoms with Gasteiger partial charge in [0.2, 0.25) is 0 Å². The van der Waals surface area contributed by atoms with Crippen LogP contribution in [0.5, 0.6) is 0 Å². The number of unbranched alkanes of at least 4 members (excludes halogenated alkanes) is 3. The Kier molecular flexibility index (Phi) is 6.94. The molecular formula is C7H14INO2. The third-order valence-electron chi connectivity index (χ3n) is 1.45. The molecule has 0 saturated carbocycles. The molecule has 0 radical (unpaired) electrons. The van der Waals surface area contributed by atoms with Crippen molar-refractivity contribution in [2.45, 2.75) is 39.0 Å². The average molecular weight is 271 g/mol. The highest BCUT2D eigenvalue weighted by atomic mass is 127. The quantitative estimate of drug-likeness (QED) is 0.274. The minimum atomic E-state index is -0.207. The molecule has 0 aliphatic carbocycles. The normalized spacial score (nSPS) is 9.73. The van der Waals surface area contributed by atoms with Crippen molar-refractivity contribution in [3.05, 3.63) is 0 Å². The Balaban J connectivity index is 3.18. The number of hydroxylamine groups is 1. The molecule has 0 aliphatic heterocycles.